The van der Waals surface area contributed by atoms with Gasteiger partial charge in [-0.1, -0.05) is 32.9 Å². The number of aryl methyl sites for hydroxylation is 2. The van der Waals surface area contributed by atoms with Crippen LogP contribution in [0.15, 0.2) is 71.0 Å². The molecule has 1 saturated heterocycles. The summed E-state index contributed by atoms with van der Waals surface area (Å²) >= 11 is 1.50. The molecular formula is C58H73N9O14S. The molecule has 7 N–H and O–H groups in total. The van der Waals surface area contributed by atoms with Gasteiger partial charge >= 0.3 is 0 Å². The first-order chi connectivity index (χ1) is 39.4. The molecule has 4 atom stereocenters. The molecule has 0 bridgehead atoms. The SMILES string of the molecule is Cc1ncsc1-c1ccc(CNC(=O)[C@@H]2C[C@@H](O)CN2C(=O)[C@@H](NC(=O)C2(C#N)CC2)C(C)(C)C)c(OCCOCCOCCOCCOCCNC(=O)CNc2ccc3c(c2)c(C(O)Nc2ccc4c(c2)OCCO4)cc(=O)n3C)c1. The monoisotopic (exact) mass is 1150 g/mol. The van der Waals surface area contributed by atoms with Gasteiger partial charge in [0.15, 0.2) is 17.7 Å². The number of β-amino-alcohol motifs (C(OH)–C–C–N with tert-alkyl or cyclic N) is 1. The number of benzene rings is 3. The number of nitrogens with zero attached hydrogens (tertiary/aromatic N) is 4. The topological polar surface area (TPSA) is 295 Å². The fourth-order valence-corrected chi connectivity index (χ4v) is 10.2. The molecule has 1 saturated carbocycles. The number of amides is 4. The summed E-state index contributed by atoms with van der Waals surface area (Å²) < 4.78 is 41.6. The van der Waals surface area contributed by atoms with Crippen molar-refractivity contribution in [2.75, 3.05) is 103 Å². The van der Waals surface area contributed by atoms with E-state index in [1.807, 2.05) is 25.1 Å². The molecule has 4 amide bonds. The number of carbonyl (C=O) groups is 4. The number of nitriles is 1. The molecule has 3 aliphatic rings. The second-order valence-electron chi connectivity index (χ2n) is 21.3. The lowest BCUT2D eigenvalue weighted by Gasteiger charge is -2.35. The number of anilines is 2. The Balaban J connectivity index is 0.691. The van der Waals surface area contributed by atoms with Crippen molar-refractivity contribution in [3.63, 3.8) is 0 Å². The number of likely N-dealkylation sites (tertiary alicyclic amines) is 1. The number of aliphatic hydroxyl groups is 2. The third-order valence-electron chi connectivity index (χ3n) is 14.2. The van der Waals surface area contributed by atoms with Gasteiger partial charge in [-0.05, 0) is 67.1 Å². The van der Waals surface area contributed by atoms with E-state index in [9.17, 15) is 39.4 Å². The normalized spacial score (nSPS) is 16.9. The number of fused-ring (bicyclic) bond motifs is 2. The van der Waals surface area contributed by atoms with Crippen LogP contribution in [0.5, 0.6) is 17.2 Å². The van der Waals surface area contributed by atoms with E-state index in [1.54, 1.807) is 69.7 Å². The zero-order chi connectivity index (χ0) is 58.4. The van der Waals surface area contributed by atoms with Crippen LogP contribution in [-0.2, 0) is 51.7 Å². The van der Waals surface area contributed by atoms with Crippen LogP contribution in [0.3, 0.4) is 0 Å². The van der Waals surface area contributed by atoms with E-state index in [0.29, 0.717) is 123 Å². The predicted molar refractivity (Wildman–Crippen MR) is 304 cm³/mol. The number of pyridine rings is 1. The van der Waals surface area contributed by atoms with Gasteiger partial charge in [0.2, 0.25) is 23.6 Å². The number of aliphatic hydroxyl groups excluding tert-OH is 2. The fourth-order valence-electron chi connectivity index (χ4n) is 9.43. The maximum atomic E-state index is 14.0. The van der Waals surface area contributed by atoms with Crippen LogP contribution in [-0.4, -0.2) is 159 Å². The van der Waals surface area contributed by atoms with Crippen molar-refractivity contribution in [3.8, 4) is 33.8 Å². The zero-order valence-corrected chi connectivity index (χ0v) is 47.7. The van der Waals surface area contributed by atoms with Crippen LogP contribution in [0.4, 0.5) is 11.4 Å². The van der Waals surface area contributed by atoms with Crippen molar-refractivity contribution in [2.24, 2.45) is 17.9 Å². The molecular weight excluding hydrogens is 1080 g/mol. The quantitative estimate of drug-likeness (QED) is 0.0264. The molecule has 23 nitrogen and oxygen atoms in total. The number of nitrogens with one attached hydrogen (secondary N) is 5. The Labute approximate surface area is 479 Å². The lowest BCUT2D eigenvalue weighted by molar-refractivity contribution is -0.144. The predicted octanol–water partition coefficient (Wildman–Crippen LogP) is 3.93. The molecule has 0 radical (unpaired) electrons. The maximum Gasteiger partial charge on any atom is 0.251 e. The third-order valence-corrected chi connectivity index (χ3v) is 15.2. The van der Waals surface area contributed by atoms with Gasteiger partial charge in [0.1, 0.15) is 43.1 Å². The summed E-state index contributed by atoms with van der Waals surface area (Å²) in [5, 5.41) is 46.8. The molecule has 1 unspecified atom stereocenters. The molecule has 2 aromatic heterocycles. The van der Waals surface area contributed by atoms with Crippen LogP contribution in [0.2, 0.25) is 0 Å². The second kappa shape index (κ2) is 28.1. The van der Waals surface area contributed by atoms with E-state index in [0.717, 1.165) is 16.1 Å². The number of thiazole rings is 1. The number of rotatable bonds is 29. The average Bonchev–Trinajstić information content (AvgIpc) is 3.72. The molecule has 82 heavy (non-hydrogen) atoms. The summed E-state index contributed by atoms with van der Waals surface area (Å²) in [6, 6.07) is 17.7. The zero-order valence-electron chi connectivity index (χ0n) is 46.9. The minimum Gasteiger partial charge on any atom is -0.491 e. The largest absolute Gasteiger partial charge is 0.491 e. The summed E-state index contributed by atoms with van der Waals surface area (Å²) in [6.45, 7) is 11.2. The van der Waals surface area contributed by atoms with Gasteiger partial charge in [-0.15, -0.1) is 11.3 Å². The summed E-state index contributed by atoms with van der Waals surface area (Å²) in [5.74, 6) is -0.0128. The highest BCUT2D eigenvalue weighted by Crippen LogP contribution is 2.45. The molecule has 3 aromatic carbocycles. The summed E-state index contributed by atoms with van der Waals surface area (Å²) in [6.07, 6.45) is -1.30. The number of hydrogen-bond donors (Lipinski definition) is 7. The molecule has 5 aromatic rings. The first-order valence-electron chi connectivity index (χ1n) is 27.4. The van der Waals surface area contributed by atoms with Crippen LogP contribution in [0, 0.1) is 29.1 Å². The molecule has 24 heteroatoms. The van der Waals surface area contributed by atoms with Crippen molar-refractivity contribution in [1.29, 1.82) is 5.26 Å². The van der Waals surface area contributed by atoms with Crippen molar-refractivity contribution in [1.82, 2.24) is 30.4 Å². The second-order valence-corrected chi connectivity index (χ2v) is 22.2. The fraction of sp³-hybridized carbons (Fsp3) is 0.500. The Kier molecular flexibility index (Phi) is 20.8. The highest BCUT2D eigenvalue weighted by molar-refractivity contribution is 7.13. The Morgan fingerprint density at radius 1 is 0.878 bits per heavy atom. The van der Waals surface area contributed by atoms with E-state index in [2.05, 4.69) is 37.6 Å². The number of ether oxygens (including phenoxy) is 7. The minimum absolute atomic E-state index is 0.0162. The van der Waals surface area contributed by atoms with Gasteiger partial charge in [-0.3, -0.25) is 24.0 Å². The van der Waals surface area contributed by atoms with Crippen LogP contribution in [0.1, 0.15) is 63.1 Å². The van der Waals surface area contributed by atoms with Crippen molar-refractivity contribution < 1.29 is 62.5 Å². The van der Waals surface area contributed by atoms with Gasteiger partial charge in [-0.25, -0.2) is 4.98 Å². The average molecular weight is 1150 g/mol. The lowest BCUT2D eigenvalue weighted by atomic mass is 9.85. The van der Waals surface area contributed by atoms with E-state index in [4.69, 9.17) is 33.2 Å². The number of hydrogen-bond acceptors (Lipinski definition) is 19. The molecule has 0 spiro atoms. The van der Waals surface area contributed by atoms with Crippen LogP contribution < -0.4 is 46.4 Å². The smallest absolute Gasteiger partial charge is 0.251 e. The lowest BCUT2D eigenvalue weighted by Crippen LogP contribution is -2.58. The van der Waals surface area contributed by atoms with Gasteiger partial charge in [0, 0.05) is 73.1 Å². The Hall–Kier alpha value is -7.37. The van der Waals surface area contributed by atoms with Crippen molar-refractivity contribution in [3.05, 3.63) is 93.3 Å². The molecule has 2 aliphatic heterocycles. The Morgan fingerprint density at radius 2 is 1.56 bits per heavy atom. The maximum absolute atomic E-state index is 14.0. The van der Waals surface area contributed by atoms with E-state index in [1.165, 1.54) is 26.9 Å². The first-order valence-corrected chi connectivity index (χ1v) is 28.3. The molecule has 1 aliphatic carbocycles. The third kappa shape index (κ3) is 15.8. The molecule has 4 heterocycles. The minimum atomic E-state index is -1.23. The summed E-state index contributed by atoms with van der Waals surface area (Å²) in [4.78, 5) is 73.1. The van der Waals surface area contributed by atoms with Gasteiger partial charge < -0.3 is 79.4 Å². The summed E-state index contributed by atoms with van der Waals surface area (Å²) in [7, 11) is 1.66. The van der Waals surface area contributed by atoms with Crippen molar-refractivity contribution >= 4 is 57.2 Å². The van der Waals surface area contributed by atoms with Gasteiger partial charge in [0.05, 0.1) is 93.2 Å². The van der Waals surface area contributed by atoms with Crippen molar-refractivity contribution in [2.45, 2.75) is 77.9 Å². The van der Waals surface area contributed by atoms with Gasteiger partial charge in [0.25, 0.3) is 5.56 Å². The Bertz CT molecular complexity index is 3150. The van der Waals surface area contributed by atoms with E-state index in [-0.39, 0.29) is 57.3 Å². The van der Waals surface area contributed by atoms with E-state index < -0.39 is 53.0 Å². The van der Waals surface area contributed by atoms with Crippen LogP contribution in [0.25, 0.3) is 21.3 Å². The molecule has 8 rings (SSSR count). The molecule has 2 fully saturated rings. The molecule has 440 valence electrons. The summed E-state index contributed by atoms with van der Waals surface area (Å²) in [5.41, 5.74) is 4.23. The standard InChI is InChI=1S/C58H73N9O14S/c1-36-51(82-35-63-36)37-6-7-38(31-62-54(72)45-29-41(68)33-67(45)55(73)52(57(2,3)4)65-56(74)58(34-59)12-13-58)47(26-37)80-23-22-78-21-20-77-19-18-76-17-16-75-15-14-60-49(69)32-61-39-8-10-44-42(27-39)43(30-50(70)66(44)5)53(71)64-40-9-11-46-48(28-40)81-25-24-79-46/h6-11,26-28,30,35,41,45,52-53,61,64,68,71H,12-25,29,31-33H2,1-5H3,(H,60,69)(H,62,72)(H,65,74)/t41-,45+,52-,53?/m1/s1. The first kappa shape index (κ1) is 60.7. The highest BCUT2D eigenvalue weighted by atomic mass is 32.1. The number of aromatic nitrogens is 2. The van der Waals surface area contributed by atoms with Crippen LogP contribution >= 0.6 is 11.3 Å². The number of carbonyl (C=O) groups excluding carboxylic acids is 4. The van der Waals surface area contributed by atoms with Gasteiger partial charge in [-0.2, -0.15) is 5.26 Å². The highest BCUT2D eigenvalue weighted by Gasteiger charge is 2.53. The van der Waals surface area contributed by atoms with E-state index >= 15 is 0 Å². The Morgan fingerprint density at radius 3 is 2.23 bits per heavy atom.